The van der Waals surface area contributed by atoms with Crippen molar-refractivity contribution >= 4 is 29.1 Å². The predicted molar refractivity (Wildman–Crippen MR) is 72.0 cm³/mol. The third kappa shape index (κ3) is 3.21. The number of rotatable bonds is 4. The van der Waals surface area contributed by atoms with Crippen LogP contribution < -0.4 is 5.32 Å². The first-order chi connectivity index (χ1) is 9.47. The highest BCUT2D eigenvalue weighted by molar-refractivity contribution is 6.39. The average molecular weight is 296 g/mol. The van der Waals surface area contributed by atoms with Crippen LogP contribution in [0.4, 0.5) is 10.2 Å². The van der Waals surface area contributed by atoms with Gasteiger partial charge in [-0.3, -0.25) is 14.3 Å². The van der Waals surface area contributed by atoms with Crippen LogP contribution >= 0.6 is 11.6 Å². The Balaban J connectivity index is 2.14. The van der Waals surface area contributed by atoms with Crippen molar-refractivity contribution in [3.8, 4) is 0 Å². The number of anilines is 1. The number of hydrogen-bond acceptors (Lipinski definition) is 3. The number of ketones is 1. The number of nitrogens with zero attached hydrogens (tertiary/aromatic N) is 2. The molecule has 2 rings (SSSR count). The van der Waals surface area contributed by atoms with Gasteiger partial charge in [0.05, 0.1) is 6.54 Å². The topological polar surface area (TPSA) is 64.0 Å². The molecule has 0 bridgehead atoms. The minimum absolute atomic E-state index is 0.126. The van der Waals surface area contributed by atoms with Gasteiger partial charge in [0.2, 0.25) is 5.78 Å². The van der Waals surface area contributed by atoms with Gasteiger partial charge in [-0.05, 0) is 12.1 Å². The number of Topliss-reactive ketones (excluding diaryl/α,β-unsaturated/α-hetero) is 1. The van der Waals surface area contributed by atoms with Gasteiger partial charge in [0.1, 0.15) is 5.82 Å². The molecule has 1 heterocycles. The number of hydrogen-bond donors (Lipinski definition) is 1. The highest BCUT2D eigenvalue weighted by atomic mass is 35.5. The molecule has 0 aliphatic rings. The van der Waals surface area contributed by atoms with E-state index in [0.29, 0.717) is 10.6 Å². The molecule has 0 aliphatic heterocycles. The number of benzene rings is 1. The Labute approximate surface area is 119 Å². The summed E-state index contributed by atoms with van der Waals surface area (Å²) in [6, 6.07) is 5.92. The lowest BCUT2D eigenvalue weighted by atomic mass is 10.2. The van der Waals surface area contributed by atoms with Gasteiger partial charge in [0.15, 0.2) is 5.82 Å². The average Bonchev–Trinajstić information content (AvgIpc) is 2.81. The zero-order chi connectivity index (χ0) is 14.7. The van der Waals surface area contributed by atoms with Crippen LogP contribution in [0.15, 0.2) is 30.5 Å². The second kappa shape index (κ2) is 5.83. The number of halogens is 2. The third-order valence-corrected chi connectivity index (χ3v) is 2.94. The van der Waals surface area contributed by atoms with Crippen LogP contribution in [0.2, 0.25) is 5.02 Å². The molecular formula is C13H11ClFN3O2. The van der Waals surface area contributed by atoms with E-state index in [9.17, 15) is 14.0 Å². The quantitative estimate of drug-likeness (QED) is 0.880. The number of carbonyl (C=O) groups is 2. The molecular weight excluding hydrogens is 285 g/mol. The molecule has 0 radical (unpaired) electrons. The van der Waals surface area contributed by atoms with E-state index in [1.807, 2.05) is 0 Å². The Bertz CT molecular complexity index is 649. The maximum Gasteiger partial charge on any atom is 0.292 e. The minimum atomic E-state index is -0.751. The zero-order valence-electron chi connectivity index (χ0n) is 10.6. The molecule has 0 atom stereocenters. The number of aromatic nitrogens is 2. The van der Waals surface area contributed by atoms with Gasteiger partial charge in [-0.15, -0.1) is 0 Å². The van der Waals surface area contributed by atoms with E-state index in [1.54, 1.807) is 12.3 Å². The summed E-state index contributed by atoms with van der Waals surface area (Å²) in [7, 11) is 0. The summed E-state index contributed by atoms with van der Waals surface area (Å²) >= 11 is 5.92. The van der Waals surface area contributed by atoms with Gasteiger partial charge < -0.3 is 5.32 Å². The monoisotopic (exact) mass is 295 g/mol. The van der Waals surface area contributed by atoms with Gasteiger partial charge in [-0.1, -0.05) is 17.7 Å². The fraction of sp³-hybridized carbons (Fsp3) is 0.154. The molecule has 0 saturated carbocycles. The van der Waals surface area contributed by atoms with E-state index < -0.39 is 17.5 Å². The van der Waals surface area contributed by atoms with Crippen LogP contribution in [0.25, 0.3) is 0 Å². The Hall–Kier alpha value is -2.21. The molecule has 1 amide bonds. The fourth-order valence-electron chi connectivity index (χ4n) is 1.57. The molecule has 0 fully saturated rings. The van der Waals surface area contributed by atoms with Crippen molar-refractivity contribution in [2.75, 3.05) is 5.32 Å². The Morgan fingerprint density at radius 1 is 1.40 bits per heavy atom. The molecule has 20 heavy (non-hydrogen) atoms. The molecule has 5 nitrogen and oxygen atoms in total. The minimum Gasteiger partial charge on any atom is -0.303 e. The largest absolute Gasteiger partial charge is 0.303 e. The summed E-state index contributed by atoms with van der Waals surface area (Å²) in [4.78, 5) is 22.0. The van der Waals surface area contributed by atoms with Crippen molar-refractivity contribution in [1.82, 2.24) is 9.78 Å². The summed E-state index contributed by atoms with van der Waals surface area (Å²) in [6.07, 6.45) is 1.55. The van der Waals surface area contributed by atoms with Gasteiger partial charge in [0, 0.05) is 29.8 Å². The molecule has 0 spiro atoms. The molecule has 7 heteroatoms. The fourth-order valence-corrected chi connectivity index (χ4v) is 1.79. The lowest BCUT2D eigenvalue weighted by Gasteiger charge is -2.05. The Kier molecular flexibility index (Phi) is 4.14. The molecule has 0 aliphatic carbocycles. The highest BCUT2D eigenvalue weighted by Crippen LogP contribution is 2.20. The van der Waals surface area contributed by atoms with E-state index in [4.69, 9.17) is 11.6 Å². The second-order valence-electron chi connectivity index (χ2n) is 4.11. The zero-order valence-corrected chi connectivity index (χ0v) is 11.3. The summed E-state index contributed by atoms with van der Waals surface area (Å²) in [5, 5.41) is 6.65. The van der Waals surface area contributed by atoms with E-state index in [0.717, 1.165) is 6.92 Å². The molecule has 2 aromatic rings. The molecule has 1 N–H and O–H groups in total. The molecule has 1 aromatic heterocycles. The molecule has 0 unspecified atom stereocenters. The summed E-state index contributed by atoms with van der Waals surface area (Å²) in [5.41, 5.74) is 0.307. The van der Waals surface area contributed by atoms with Gasteiger partial charge in [0.25, 0.3) is 5.91 Å². The molecule has 0 saturated heterocycles. The lowest BCUT2D eigenvalue weighted by molar-refractivity contribution is -0.133. The standard InChI is InChI=1S/C13H11ClFN3O2/c1-8(19)13(20)16-12-5-6-18(17-12)7-9-10(14)3-2-4-11(9)15/h2-6H,7H2,1H3,(H,16,17,20). The Morgan fingerprint density at radius 2 is 2.15 bits per heavy atom. The number of nitrogens with one attached hydrogen (secondary N) is 1. The molecule has 1 aromatic carbocycles. The van der Waals surface area contributed by atoms with Crippen molar-refractivity contribution in [3.63, 3.8) is 0 Å². The smallest absolute Gasteiger partial charge is 0.292 e. The SMILES string of the molecule is CC(=O)C(=O)Nc1ccn(Cc2c(F)cccc2Cl)n1. The van der Waals surface area contributed by atoms with Crippen LogP contribution in [0.3, 0.4) is 0 Å². The number of carbonyl (C=O) groups excluding carboxylic acids is 2. The maximum absolute atomic E-state index is 13.6. The van der Waals surface area contributed by atoms with Crippen molar-refractivity contribution in [2.24, 2.45) is 0 Å². The first-order valence-corrected chi connectivity index (χ1v) is 6.13. The van der Waals surface area contributed by atoms with Crippen molar-refractivity contribution in [2.45, 2.75) is 13.5 Å². The van der Waals surface area contributed by atoms with Gasteiger partial charge >= 0.3 is 0 Å². The first-order valence-electron chi connectivity index (χ1n) is 5.75. The van der Waals surface area contributed by atoms with E-state index >= 15 is 0 Å². The van der Waals surface area contributed by atoms with Crippen LogP contribution in [0.5, 0.6) is 0 Å². The summed E-state index contributed by atoms with van der Waals surface area (Å²) in [5.74, 6) is -1.57. The van der Waals surface area contributed by atoms with Crippen LogP contribution in [-0.4, -0.2) is 21.5 Å². The Morgan fingerprint density at radius 3 is 2.80 bits per heavy atom. The van der Waals surface area contributed by atoms with E-state index in [2.05, 4.69) is 10.4 Å². The maximum atomic E-state index is 13.6. The number of amides is 1. The van der Waals surface area contributed by atoms with Crippen LogP contribution in [0.1, 0.15) is 12.5 Å². The van der Waals surface area contributed by atoms with Crippen molar-refractivity contribution in [1.29, 1.82) is 0 Å². The van der Waals surface area contributed by atoms with Crippen molar-refractivity contribution < 1.29 is 14.0 Å². The summed E-state index contributed by atoms with van der Waals surface area (Å²) in [6.45, 7) is 1.28. The van der Waals surface area contributed by atoms with E-state index in [1.165, 1.54) is 22.9 Å². The van der Waals surface area contributed by atoms with Crippen LogP contribution in [-0.2, 0) is 16.1 Å². The van der Waals surface area contributed by atoms with E-state index in [-0.39, 0.29) is 12.4 Å². The second-order valence-corrected chi connectivity index (χ2v) is 4.52. The van der Waals surface area contributed by atoms with Gasteiger partial charge in [-0.25, -0.2) is 4.39 Å². The highest BCUT2D eigenvalue weighted by Gasteiger charge is 2.11. The lowest BCUT2D eigenvalue weighted by Crippen LogP contribution is -2.20. The van der Waals surface area contributed by atoms with Crippen LogP contribution in [0, 0.1) is 5.82 Å². The normalized spacial score (nSPS) is 10.3. The molecule has 104 valence electrons. The predicted octanol–water partition coefficient (Wildman–Crippen LogP) is 2.25. The first kappa shape index (κ1) is 14.2. The van der Waals surface area contributed by atoms with Crippen molar-refractivity contribution in [3.05, 3.63) is 46.9 Å². The third-order valence-electron chi connectivity index (χ3n) is 2.58. The van der Waals surface area contributed by atoms with Gasteiger partial charge in [-0.2, -0.15) is 5.10 Å². The summed E-state index contributed by atoms with van der Waals surface area (Å²) < 4.78 is 15.0.